The van der Waals surface area contributed by atoms with Crippen LogP contribution in [0.15, 0.2) is 24.3 Å². The van der Waals surface area contributed by atoms with Crippen LogP contribution in [0, 0.1) is 24.0 Å². The van der Waals surface area contributed by atoms with Crippen molar-refractivity contribution >= 4 is 27.5 Å². The number of ether oxygens (including phenoxy) is 1. The lowest BCUT2D eigenvalue weighted by Gasteiger charge is -2.40. The molecule has 3 atom stereocenters. The van der Waals surface area contributed by atoms with Crippen LogP contribution < -0.4 is 9.64 Å². The molecular formula is C33H30F3N5O2. The quantitative estimate of drug-likeness (QED) is 0.309. The molecular weight excluding hydrogens is 555 g/mol. The Kier molecular flexibility index (Phi) is 5.99. The monoisotopic (exact) mass is 585 g/mol. The average molecular weight is 586 g/mol. The summed E-state index contributed by atoms with van der Waals surface area (Å²) in [6.07, 6.45) is 10.6. The molecule has 220 valence electrons. The highest BCUT2D eigenvalue weighted by atomic mass is 19.1. The highest BCUT2D eigenvalue weighted by molar-refractivity contribution is 6.03. The molecule has 10 heteroatoms. The molecule has 6 heterocycles. The number of piperidine rings is 1. The van der Waals surface area contributed by atoms with Gasteiger partial charge in [0.25, 0.3) is 0 Å². The lowest BCUT2D eigenvalue weighted by atomic mass is 9.91. The minimum absolute atomic E-state index is 0.0311. The topological polar surface area (TPSA) is 74.6 Å². The Balaban J connectivity index is 1.32. The van der Waals surface area contributed by atoms with Gasteiger partial charge < -0.3 is 14.7 Å². The molecule has 0 unspecified atom stereocenters. The molecule has 0 radical (unpaired) electrons. The Morgan fingerprint density at radius 3 is 2.84 bits per heavy atom. The fraction of sp³-hybridized carbons (Fsp3) is 0.424. The van der Waals surface area contributed by atoms with Crippen LogP contribution >= 0.6 is 0 Å². The van der Waals surface area contributed by atoms with Crippen molar-refractivity contribution in [3.05, 3.63) is 47.2 Å². The molecule has 2 aromatic heterocycles. The predicted octanol–water partition coefficient (Wildman–Crippen LogP) is 5.68. The number of hydrogen-bond acceptors (Lipinski definition) is 7. The lowest BCUT2D eigenvalue weighted by Crippen LogP contribution is -2.45. The van der Waals surface area contributed by atoms with Crippen LogP contribution in [-0.4, -0.2) is 69.0 Å². The van der Waals surface area contributed by atoms with E-state index in [9.17, 15) is 13.9 Å². The number of rotatable bonds is 4. The van der Waals surface area contributed by atoms with Crippen molar-refractivity contribution in [2.45, 2.75) is 62.7 Å². The van der Waals surface area contributed by atoms with Crippen LogP contribution in [0.1, 0.15) is 49.8 Å². The van der Waals surface area contributed by atoms with Gasteiger partial charge in [-0.1, -0.05) is 12.0 Å². The number of hydrogen-bond donors (Lipinski definition) is 1. The molecule has 4 aliphatic heterocycles. The first kappa shape index (κ1) is 26.5. The van der Waals surface area contributed by atoms with E-state index in [0.29, 0.717) is 47.1 Å². The van der Waals surface area contributed by atoms with Gasteiger partial charge in [-0.3, -0.25) is 4.90 Å². The van der Waals surface area contributed by atoms with Gasteiger partial charge in [0, 0.05) is 42.9 Å². The highest BCUT2D eigenvalue weighted by Crippen LogP contribution is 2.44. The van der Waals surface area contributed by atoms with Crippen LogP contribution in [0.25, 0.3) is 32.9 Å². The van der Waals surface area contributed by atoms with E-state index in [2.05, 4.69) is 20.7 Å². The second-order valence-electron chi connectivity index (χ2n) is 12.3. The van der Waals surface area contributed by atoms with Gasteiger partial charge in [0.1, 0.15) is 41.4 Å². The first-order chi connectivity index (χ1) is 20.8. The summed E-state index contributed by atoms with van der Waals surface area (Å²) in [5.41, 5.74) is 0.370. The number of phenolic OH excluding ortho intramolecular Hbond substituents is 1. The van der Waals surface area contributed by atoms with E-state index < -0.39 is 23.3 Å². The first-order valence-corrected chi connectivity index (χ1v) is 15.0. The molecule has 0 aliphatic carbocycles. The average Bonchev–Trinajstić information content (AvgIpc) is 3.53. The van der Waals surface area contributed by atoms with Crippen molar-refractivity contribution < 1.29 is 23.0 Å². The number of anilines is 1. The van der Waals surface area contributed by atoms with Gasteiger partial charge in [-0.25, -0.2) is 18.2 Å². The highest BCUT2D eigenvalue weighted by Gasteiger charge is 2.49. The van der Waals surface area contributed by atoms with E-state index in [1.165, 1.54) is 24.3 Å². The molecule has 3 saturated heterocycles. The Labute approximate surface area is 246 Å². The summed E-state index contributed by atoms with van der Waals surface area (Å²) in [7, 11) is 0. The van der Waals surface area contributed by atoms with Crippen molar-refractivity contribution in [2.75, 3.05) is 31.1 Å². The second-order valence-corrected chi connectivity index (χ2v) is 12.3. The Morgan fingerprint density at radius 2 is 1.98 bits per heavy atom. The summed E-state index contributed by atoms with van der Waals surface area (Å²) in [4.78, 5) is 18.6. The summed E-state index contributed by atoms with van der Waals surface area (Å²) in [6.45, 7) is 2.22. The SMILES string of the molecule is C#Cc1c(F)ccc2cc(O)cc(-c3nc4c5c(nc(OC[C@@]67CCCN6C[C@H](F)C7)nc5c3F)N3CCCC[C@H]3C4)c12. The maximum absolute atomic E-state index is 16.8. The van der Waals surface area contributed by atoms with Crippen molar-refractivity contribution in [1.82, 2.24) is 19.9 Å². The third kappa shape index (κ3) is 4.04. The van der Waals surface area contributed by atoms with E-state index in [-0.39, 0.29) is 46.7 Å². The standard InChI is InChI=1S/C33H30F3N5O2/c1-2-22-24(35)8-7-18-12-21(42)14-23(26(18)22)29-28(36)30-27-25(37-29)13-20-6-3-4-11-41(20)31(27)39-32(38-30)43-17-33-9-5-10-40(33)16-19(34)15-33/h1,7-8,12,14,19-20,42H,3-6,9-11,13,15-17H2/t19-,20+,33+/m1/s1. The molecule has 2 aromatic carbocycles. The van der Waals surface area contributed by atoms with Gasteiger partial charge >= 0.3 is 6.01 Å². The zero-order valence-electron chi connectivity index (χ0n) is 23.5. The number of phenols is 1. The number of aromatic hydroxyl groups is 1. The normalized spacial score (nSPS) is 24.7. The second kappa shape index (κ2) is 9.71. The van der Waals surface area contributed by atoms with Crippen LogP contribution in [0.4, 0.5) is 19.0 Å². The summed E-state index contributed by atoms with van der Waals surface area (Å²) in [5, 5.41) is 11.9. The summed E-state index contributed by atoms with van der Waals surface area (Å²) >= 11 is 0. The fourth-order valence-corrected chi connectivity index (χ4v) is 7.92. The molecule has 0 bridgehead atoms. The minimum atomic E-state index is -0.903. The van der Waals surface area contributed by atoms with E-state index in [1.54, 1.807) is 0 Å². The van der Waals surface area contributed by atoms with Crippen LogP contribution in [-0.2, 0) is 6.42 Å². The lowest BCUT2D eigenvalue weighted by molar-refractivity contribution is 0.107. The molecule has 0 amide bonds. The maximum atomic E-state index is 16.8. The molecule has 1 N–H and O–H groups in total. The third-order valence-electron chi connectivity index (χ3n) is 9.83. The molecule has 43 heavy (non-hydrogen) atoms. The van der Waals surface area contributed by atoms with E-state index in [4.69, 9.17) is 21.1 Å². The molecule has 0 spiro atoms. The summed E-state index contributed by atoms with van der Waals surface area (Å²) in [6, 6.07) is 5.73. The molecule has 4 aliphatic rings. The van der Waals surface area contributed by atoms with E-state index in [0.717, 1.165) is 45.2 Å². The number of terminal acetylenes is 1. The minimum Gasteiger partial charge on any atom is -0.508 e. The Bertz CT molecular complexity index is 1860. The molecule has 4 aromatic rings. The summed E-state index contributed by atoms with van der Waals surface area (Å²) in [5.74, 6) is 1.51. The number of fused-ring (bicyclic) bond motifs is 4. The molecule has 7 nitrogen and oxygen atoms in total. The Morgan fingerprint density at radius 1 is 1.09 bits per heavy atom. The zero-order valence-corrected chi connectivity index (χ0v) is 23.5. The number of nitrogens with zero attached hydrogens (tertiary/aromatic N) is 5. The predicted molar refractivity (Wildman–Crippen MR) is 157 cm³/mol. The van der Waals surface area contributed by atoms with Crippen LogP contribution in [0.3, 0.4) is 0 Å². The van der Waals surface area contributed by atoms with Gasteiger partial charge in [0.15, 0.2) is 5.82 Å². The van der Waals surface area contributed by atoms with Crippen molar-refractivity contribution in [3.63, 3.8) is 0 Å². The molecule has 8 rings (SSSR count). The van der Waals surface area contributed by atoms with E-state index >= 15 is 4.39 Å². The molecule has 3 fully saturated rings. The van der Waals surface area contributed by atoms with Gasteiger partial charge in [0.2, 0.25) is 0 Å². The summed E-state index contributed by atoms with van der Waals surface area (Å²) < 4.78 is 52.3. The van der Waals surface area contributed by atoms with Gasteiger partial charge in [-0.05, 0) is 62.2 Å². The van der Waals surface area contributed by atoms with E-state index in [1.807, 2.05) is 0 Å². The zero-order chi connectivity index (χ0) is 29.5. The van der Waals surface area contributed by atoms with Gasteiger partial charge in [0.05, 0.1) is 22.2 Å². The largest absolute Gasteiger partial charge is 0.508 e. The van der Waals surface area contributed by atoms with Crippen molar-refractivity contribution in [1.29, 1.82) is 0 Å². The number of aromatic nitrogens is 3. The van der Waals surface area contributed by atoms with Crippen LogP contribution in [0.5, 0.6) is 11.8 Å². The smallest absolute Gasteiger partial charge is 0.319 e. The van der Waals surface area contributed by atoms with Crippen molar-refractivity contribution in [2.24, 2.45) is 0 Å². The molecule has 0 saturated carbocycles. The number of alkyl halides is 1. The number of halogens is 3. The number of benzene rings is 2. The van der Waals surface area contributed by atoms with Gasteiger partial charge in [-0.15, -0.1) is 6.42 Å². The van der Waals surface area contributed by atoms with Crippen LogP contribution in [0.2, 0.25) is 0 Å². The fourth-order valence-electron chi connectivity index (χ4n) is 7.92. The third-order valence-corrected chi connectivity index (χ3v) is 9.83. The van der Waals surface area contributed by atoms with Gasteiger partial charge in [-0.2, -0.15) is 9.97 Å². The van der Waals surface area contributed by atoms with Crippen molar-refractivity contribution in [3.8, 4) is 35.4 Å². The first-order valence-electron chi connectivity index (χ1n) is 15.0. The Hall–Kier alpha value is -4.10. The maximum Gasteiger partial charge on any atom is 0.319 e. The number of pyridine rings is 1.